The number of hydrogen-bond donors (Lipinski definition) is 2. The maximum atomic E-state index is 11.3. The van der Waals surface area contributed by atoms with Crippen LogP contribution in [0.1, 0.15) is 26.7 Å². The molecule has 0 bridgehead atoms. The Morgan fingerprint density at radius 1 is 1.50 bits per heavy atom. The molecule has 1 aliphatic rings. The lowest BCUT2D eigenvalue weighted by Gasteiger charge is -2.28. The lowest BCUT2D eigenvalue weighted by atomic mass is 10.2. The Labute approximate surface area is 109 Å². The minimum Gasteiger partial charge on any atom is -0.468 e. The van der Waals surface area contributed by atoms with Crippen LogP contribution < -0.4 is 11.1 Å². The Balaban J connectivity index is 0.000000360. The lowest BCUT2D eigenvalue weighted by Crippen LogP contribution is -2.51. The van der Waals surface area contributed by atoms with Crippen molar-refractivity contribution in [3.05, 3.63) is 0 Å². The number of amides is 1. The fraction of sp³-hybridized carbons (Fsp3) is 0.833. The van der Waals surface area contributed by atoms with Gasteiger partial charge in [-0.25, -0.2) is 0 Å². The Morgan fingerprint density at radius 3 is 2.56 bits per heavy atom. The van der Waals surface area contributed by atoms with Gasteiger partial charge >= 0.3 is 0 Å². The summed E-state index contributed by atoms with van der Waals surface area (Å²) in [5, 5.41) is 3.17. The fourth-order valence-electron chi connectivity index (χ4n) is 1.45. The third kappa shape index (κ3) is 8.03. The van der Waals surface area contributed by atoms with Crippen molar-refractivity contribution >= 4 is 12.4 Å². The second-order valence-corrected chi connectivity index (χ2v) is 4.18. The van der Waals surface area contributed by atoms with E-state index in [0.717, 1.165) is 39.0 Å². The number of nitrogens with one attached hydrogen (secondary N) is 1. The van der Waals surface area contributed by atoms with Crippen LogP contribution >= 0.6 is 0 Å². The van der Waals surface area contributed by atoms with Crippen LogP contribution in [0.3, 0.4) is 0 Å². The Morgan fingerprint density at radius 2 is 2.11 bits per heavy atom. The number of rotatable bonds is 5. The monoisotopic (exact) mass is 259 g/mol. The quantitative estimate of drug-likeness (QED) is 0.524. The molecule has 0 aromatic heterocycles. The average molecular weight is 259 g/mol. The maximum Gasteiger partial charge on any atom is 0.293 e. The van der Waals surface area contributed by atoms with E-state index in [2.05, 4.69) is 10.1 Å². The van der Waals surface area contributed by atoms with E-state index in [9.17, 15) is 9.59 Å². The van der Waals surface area contributed by atoms with Crippen LogP contribution in [0.2, 0.25) is 0 Å². The molecule has 18 heavy (non-hydrogen) atoms. The van der Waals surface area contributed by atoms with Crippen LogP contribution in [0.5, 0.6) is 0 Å². The summed E-state index contributed by atoms with van der Waals surface area (Å²) >= 11 is 0. The average Bonchev–Trinajstić information content (AvgIpc) is 2.40. The Bertz CT molecular complexity index is 229. The smallest absolute Gasteiger partial charge is 0.293 e. The molecule has 1 rings (SSSR count). The molecule has 3 N–H and O–H groups in total. The summed E-state index contributed by atoms with van der Waals surface area (Å²) in [6.45, 7) is 8.19. The van der Waals surface area contributed by atoms with Crippen molar-refractivity contribution in [1.82, 2.24) is 10.2 Å². The SMILES string of the molecule is CCCCOC=O.C[C@H](N)C(=O)N1CCNCC1. The molecule has 1 saturated heterocycles. The van der Waals surface area contributed by atoms with Gasteiger partial charge in [0.25, 0.3) is 6.47 Å². The molecule has 0 unspecified atom stereocenters. The van der Waals surface area contributed by atoms with E-state index in [1.165, 1.54) is 0 Å². The molecule has 106 valence electrons. The number of nitrogens with two attached hydrogens (primary N) is 1. The van der Waals surface area contributed by atoms with Gasteiger partial charge in [0.2, 0.25) is 5.91 Å². The van der Waals surface area contributed by atoms with Crippen LogP contribution in [0.15, 0.2) is 0 Å². The normalized spacial score (nSPS) is 16.3. The van der Waals surface area contributed by atoms with Gasteiger partial charge in [-0.05, 0) is 13.3 Å². The van der Waals surface area contributed by atoms with Crippen molar-refractivity contribution in [3.8, 4) is 0 Å². The number of nitrogens with zero attached hydrogens (tertiary/aromatic N) is 1. The number of carbonyl (C=O) groups excluding carboxylic acids is 2. The molecule has 0 saturated carbocycles. The van der Waals surface area contributed by atoms with E-state index in [-0.39, 0.29) is 11.9 Å². The number of unbranched alkanes of at least 4 members (excludes halogenated alkanes) is 1. The maximum absolute atomic E-state index is 11.3. The zero-order valence-electron chi connectivity index (χ0n) is 11.4. The summed E-state index contributed by atoms with van der Waals surface area (Å²) in [5.41, 5.74) is 5.46. The van der Waals surface area contributed by atoms with Crippen LogP contribution in [0.25, 0.3) is 0 Å². The highest BCUT2D eigenvalue weighted by Crippen LogP contribution is 1.95. The third-order valence-electron chi connectivity index (χ3n) is 2.50. The van der Waals surface area contributed by atoms with E-state index in [0.29, 0.717) is 13.1 Å². The van der Waals surface area contributed by atoms with Crippen LogP contribution in [0, 0.1) is 0 Å². The largest absolute Gasteiger partial charge is 0.468 e. The molecule has 1 atom stereocenters. The van der Waals surface area contributed by atoms with Crippen molar-refractivity contribution in [3.63, 3.8) is 0 Å². The number of piperazine rings is 1. The van der Waals surface area contributed by atoms with Gasteiger partial charge in [0.05, 0.1) is 12.6 Å². The van der Waals surface area contributed by atoms with Gasteiger partial charge in [0, 0.05) is 26.2 Å². The molecule has 1 heterocycles. The van der Waals surface area contributed by atoms with Crippen molar-refractivity contribution in [2.75, 3.05) is 32.8 Å². The topological polar surface area (TPSA) is 84.7 Å². The number of carbonyl (C=O) groups is 2. The first-order valence-corrected chi connectivity index (χ1v) is 6.43. The van der Waals surface area contributed by atoms with Gasteiger partial charge in [-0.3, -0.25) is 9.59 Å². The molecule has 6 nitrogen and oxygen atoms in total. The second kappa shape index (κ2) is 11.0. The van der Waals surface area contributed by atoms with E-state index in [1.807, 2.05) is 6.92 Å². The van der Waals surface area contributed by atoms with Gasteiger partial charge < -0.3 is 20.7 Å². The van der Waals surface area contributed by atoms with Gasteiger partial charge in [-0.1, -0.05) is 13.3 Å². The Hall–Kier alpha value is -1.14. The molecule has 0 spiro atoms. The third-order valence-corrected chi connectivity index (χ3v) is 2.50. The van der Waals surface area contributed by atoms with Crippen molar-refractivity contribution < 1.29 is 14.3 Å². The Kier molecular flexibility index (Phi) is 10.3. The van der Waals surface area contributed by atoms with Crippen molar-refractivity contribution in [2.45, 2.75) is 32.7 Å². The van der Waals surface area contributed by atoms with Crippen LogP contribution in [-0.4, -0.2) is 56.1 Å². The highest BCUT2D eigenvalue weighted by atomic mass is 16.5. The van der Waals surface area contributed by atoms with Gasteiger partial charge in [0.1, 0.15) is 0 Å². The lowest BCUT2D eigenvalue weighted by molar-refractivity contribution is -0.132. The predicted molar refractivity (Wildman–Crippen MR) is 70.0 cm³/mol. The molecule has 0 aromatic carbocycles. The van der Waals surface area contributed by atoms with Gasteiger partial charge in [-0.2, -0.15) is 0 Å². The van der Waals surface area contributed by atoms with Crippen molar-refractivity contribution in [2.24, 2.45) is 5.73 Å². The molecule has 1 fully saturated rings. The van der Waals surface area contributed by atoms with E-state index in [1.54, 1.807) is 11.8 Å². The minimum absolute atomic E-state index is 0.0616. The summed E-state index contributed by atoms with van der Waals surface area (Å²) in [7, 11) is 0. The zero-order valence-corrected chi connectivity index (χ0v) is 11.4. The molecule has 0 aliphatic carbocycles. The first-order chi connectivity index (χ1) is 8.63. The summed E-state index contributed by atoms with van der Waals surface area (Å²) in [6.07, 6.45) is 2.05. The minimum atomic E-state index is -0.354. The van der Waals surface area contributed by atoms with E-state index in [4.69, 9.17) is 5.73 Å². The highest BCUT2D eigenvalue weighted by Gasteiger charge is 2.18. The van der Waals surface area contributed by atoms with Crippen LogP contribution in [-0.2, 0) is 14.3 Å². The highest BCUT2D eigenvalue weighted by molar-refractivity contribution is 5.81. The fourth-order valence-corrected chi connectivity index (χ4v) is 1.45. The predicted octanol–water partition coefficient (Wildman–Crippen LogP) is -0.275. The standard InChI is InChI=1S/C7H15N3O.C5H10O2/c1-6(8)7(11)10-4-2-9-3-5-10;1-2-3-4-7-5-6/h6,9H,2-5,8H2,1H3;5H,2-4H2,1H3/t6-;/m0./s1. The van der Waals surface area contributed by atoms with Gasteiger partial charge in [-0.15, -0.1) is 0 Å². The van der Waals surface area contributed by atoms with E-state index < -0.39 is 0 Å². The molecule has 0 radical (unpaired) electrons. The zero-order chi connectivity index (χ0) is 13.8. The van der Waals surface area contributed by atoms with Gasteiger partial charge in [0.15, 0.2) is 0 Å². The molecule has 1 amide bonds. The molecule has 6 heteroatoms. The first kappa shape index (κ1) is 16.9. The number of hydrogen-bond acceptors (Lipinski definition) is 5. The van der Waals surface area contributed by atoms with Crippen molar-refractivity contribution in [1.29, 1.82) is 0 Å². The second-order valence-electron chi connectivity index (χ2n) is 4.18. The summed E-state index contributed by atoms with van der Waals surface area (Å²) in [6, 6.07) is -0.354. The van der Waals surface area contributed by atoms with Crippen LogP contribution in [0.4, 0.5) is 0 Å². The molecule has 1 aliphatic heterocycles. The summed E-state index contributed by atoms with van der Waals surface area (Å²) in [4.78, 5) is 22.5. The first-order valence-electron chi connectivity index (χ1n) is 6.43. The molecular formula is C12H25N3O3. The molecule has 0 aromatic rings. The summed E-state index contributed by atoms with van der Waals surface area (Å²) < 4.78 is 4.39. The summed E-state index contributed by atoms with van der Waals surface area (Å²) in [5.74, 6) is 0.0616. The number of ether oxygens (including phenoxy) is 1. The molecular weight excluding hydrogens is 234 g/mol. The van der Waals surface area contributed by atoms with E-state index >= 15 is 0 Å².